The zero-order valence-corrected chi connectivity index (χ0v) is 9.47. The summed E-state index contributed by atoms with van der Waals surface area (Å²) in [6.45, 7) is 1.54. The molecule has 15 heavy (non-hydrogen) atoms. The van der Waals surface area contributed by atoms with Crippen molar-refractivity contribution in [3.63, 3.8) is 0 Å². The quantitative estimate of drug-likeness (QED) is 0.740. The number of hydrogen-bond donors (Lipinski definition) is 0. The lowest BCUT2D eigenvalue weighted by Gasteiger charge is -2.02. The third-order valence-corrected chi connectivity index (χ3v) is 2.16. The van der Waals surface area contributed by atoms with Crippen molar-refractivity contribution in [3.8, 4) is 5.75 Å². The van der Waals surface area contributed by atoms with Crippen molar-refractivity contribution in [2.75, 3.05) is 6.26 Å². The average molecular weight is 224 g/mol. The summed E-state index contributed by atoms with van der Waals surface area (Å²) in [5.74, 6) is 0.616. The third-order valence-electron chi connectivity index (χ3n) is 1.74. The molecule has 0 atom stereocenters. The van der Waals surface area contributed by atoms with Gasteiger partial charge < -0.3 is 4.74 Å². The highest BCUT2D eigenvalue weighted by molar-refractivity contribution is 8.12. The summed E-state index contributed by atoms with van der Waals surface area (Å²) in [4.78, 5) is 21.8. The molecule has 0 fully saturated rings. The second kappa shape index (κ2) is 5.56. The first-order valence-corrected chi connectivity index (χ1v) is 5.68. The van der Waals surface area contributed by atoms with Crippen molar-refractivity contribution in [1.82, 2.24) is 0 Å². The molecule has 0 bridgehead atoms. The van der Waals surface area contributed by atoms with Crippen LogP contribution in [0.3, 0.4) is 0 Å². The molecule has 0 aliphatic heterocycles. The second-order valence-corrected chi connectivity index (χ2v) is 3.82. The Morgan fingerprint density at radius 1 is 1.27 bits per heavy atom. The fraction of sp³-hybridized carbons (Fsp3) is 0.273. The van der Waals surface area contributed by atoms with Crippen molar-refractivity contribution >= 4 is 22.8 Å². The summed E-state index contributed by atoms with van der Waals surface area (Å²) in [5, 5.41) is -0.339. The fourth-order valence-corrected chi connectivity index (χ4v) is 1.28. The first-order valence-electron chi connectivity index (χ1n) is 4.46. The molecule has 0 heterocycles. The van der Waals surface area contributed by atoms with Gasteiger partial charge in [-0.2, -0.15) is 0 Å². The number of carbonyl (C=O) groups excluding carboxylic acids is 2. The van der Waals surface area contributed by atoms with Crippen LogP contribution in [0.25, 0.3) is 0 Å². The topological polar surface area (TPSA) is 43.4 Å². The van der Waals surface area contributed by atoms with Crippen molar-refractivity contribution in [1.29, 1.82) is 0 Å². The van der Waals surface area contributed by atoms with E-state index in [4.69, 9.17) is 4.74 Å². The first kappa shape index (κ1) is 11.8. The first-order chi connectivity index (χ1) is 7.11. The summed E-state index contributed by atoms with van der Waals surface area (Å²) in [6, 6.07) is 6.94. The van der Waals surface area contributed by atoms with Crippen molar-refractivity contribution in [2.24, 2.45) is 0 Å². The molecule has 0 aliphatic rings. The highest BCUT2D eigenvalue weighted by Crippen LogP contribution is 2.15. The summed E-state index contributed by atoms with van der Waals surface area (Å²) in [5.41, 5.74) is 0.923. The summed E-state index contributed by atoms with van der Waals surface area (Å²) >= 11 is 1.02. The molecular weight excluding hydrogens is 212 g/mol. The Morgan fingerprint density at radius 3 is 2.33 bits per heavy atom. The number of carbonyl (C=O) groups is 2. The lowest BCUT2D eigenvalue weighted by molar-refractivity contribution is -0.116. The largest absolute Gasteiger partial charge is 0.418 e. The van der Waals surface area contributed by atoms with E-state index in [9.17, 15) is 9.59 Å². The zero-order valence-electron chi connectivity index (χ0n) is 8.65. The van der Waals surface area contributed by atoms with Gasteiger partial charge in [-0.25, -0.2) is 4.79 Å². The van der Waals surface area contributed by atoms with Gasteiger partial charge in [0.25, 0.3) is 0 Å². The van der Waals surface area contributed by atoms with Crippen LogP contribution in [0.15, 0.2) is 24.3 Å². The number of rotatable bonds is 3. The average Bonchev–Trinajstić information content (AvgIpc) is 2.20. The van der Waals surface area contributed by atoms with Crippen LogP contribution in [0.4, 0.5) is 4.79 Å². The highest BCUT2D eigenvalue weighted by atomic mass is 32.2. The molecule has 0 spiro atoms. The van der Waals surface area contributed by atoms with E-state index in [1.165, 1.54) is 0 Å². The number of hydrogen-bond acceptors (Lipinski definition) is 4. The summed E-state index contributed by atoms with van der Waals surface area (Å²) in [6.07, 6.45) is 2.07. The minimum absolute atomic E-state index is 0.115. The Kier molecular flexibility index (Phi) is 4.37. The van der Waals surface area contributed by atoms with Gasteiger partial charge in [-0.05, 0) is 42.6 Å². The predicted octanol–water partition coefficient (Wildman–Crippen LogP) is 2.68. The highest BCUT2D eigenvalue weighted by Gasteiger charge is 2.02. The molecule has 1 aromatic carbocycles. The third kappa shape index (κ3) is 4.16. The standard InChI is InChI=1S/C11H12O3S/c1-8(12)7-9-3-5-10(6-4-9)14-11(13)15-2/h3-6H,7H2,1-2H3. The molecule has 4 heteroatoms. The molecule has 0 radical (unpaired) electrons. The van der Waals surface area contributed by atoms with Gasteiger partial charge in [0, 0.05) is 6.42 Å². The van der Waals surface area contributed by atoms with E-state index in [1.807, 2.05) is 0 Å². The maximum absolute atomic E-state index is 10.9. The Morgan fingerprint density at radius 2 is 1.87 bits per heavy atom. The fourth-order valence-electron chi connectivity index (χ4n) is 1.10. The predicted molar refractivity (Wildman–Crippen MR) is 60.4 cm³/mol. The Labute approximate surface area is 92.8 Å². The maximum Gasteiger partial charge on any atom is 0.372 e. The SMILES string of the molecule is CSC(=O)Oc1ccc(CC(C)=O)cc1. The smallest absolute Gasteiger partial charge is 0.372 e. The van der Waals surface area contributed by atoms with Gasteiger partial charge >= 0.3 is 5.30 Å². The summed E-state index contributed by atoms with van der Waals surface area (Å²) in [7, 11) is 0. The Balaban J connectivity index is 2.64. The Bertz CT molecular complexity index is 357. The molecule has 0 N–H and O–H groups in total. The monoisotopic (exact) mass is 224 g/mol. The van der Waals surface area contributed by atoms with E-state index in [1.54, 1.807) is 37.4 Å². The van der Waals surface area contributed by atoms with Crippen LogP contribution < -0.4 is 4.74 Å². The minimum Gasteiger partial charge on any atom is -0.418 e. The lowest BCUT2D eigenvalue weighted by atomic mass is 10.1. The second-order valence-electron chi connectivity index (χ2n) is 3.08. The molecule has 1 rings (SSSR count). The van der Waals surface area contributed by atoms with Crippen LogP contribution >= 0.6 is 11.8 Å². The Hall–Kier alpha value is -1.29. The van der Waals surface area contributed by atoms with Crippen molar-refractivity contribution in [2.45, 2.75) is 13.3 Å². The van der Waals surface area contributed by atoms with E-state index in [2.05, 4.69) is 0 Å². The van der Waals surface area contributed by atoms with Gasteiger partial charge in [0.15, 0.2) is 0 Å². The van der Waals surface area contributed by atoms with Gasteiger partial charge in [0.05, 0.1) is 0 Å². The molecule has 0 amide bonds. The van der Waals surface area contributed by atoms with E-state index in [-0.39, 0.29) is 11.1 Å². The van der Waals surface area contributed by atoms with E-state index < -0.39 is 0 Å². The van der Waals surface area contributed by atoms with Crippen LogP contribution in [0.1, 0.15) is 12.5 Å². The number of benzene rings is 1. The van der Waals surface area contributed by atoms with Gasteiger partial charge in [0.1, 0.15) is 11.5 Å². The van der Waals surface area contributed by atoms with Crippen molar-refractivity contribution < 1.29 is 14.3 Å². The van der Waals surface area contributed by atoms with Gasteiger partial charge in [-0.3, -0.25) is 4.79 Å². The van der Waals surface area contributed by atoms with Crippen LogP contribution in [0.5, 0.6) is 5.75 Å². The molecule has 0 aromatic heterocycles. The van der Waals surface area contributed by atoms with E-state index >= 15 is 0 Å². The van der Waals surface area contributed by atoms with Crippen LogP contribution in [-0.4, -0.2) is 17.3 Å². The molecule has 80 valence electrons. The molecule has 0 aliphatic carbocycles. The van der Waals surface area contributed by atoms with Crippen molar-refractivity contribution in [3.05, 3.63) is 29.8 Å². The van der Waals surface area contributed by atoms with E-state index in [0.29, 0.717) is 12.2 Å². The summed E-state index contributed by atoms with van der Waals surface area (Å²) < 4.78 is 4.96. The molecule has 1 aromatic rings. The maximum atomic E-state index is 10.9. The van der Waals surface area contributed by atoms with Crippen LogP contribution in [-0.2, 0) is 11.2 Å². The van der Waals surface area contributed by atoms with Gasteiger partial charge in [-0.1, -0.05) is 12.1 Å². The lowest BCUT2D eigenvalue weighted by Crippen LogP contribution is -2.00. The number of Topliss-reactive ketones (excluding diaryl/α,β-unsaturated/α-hetero) is 1. The molecule has 0 saturated carbocycles. The van der Waals surface area contributed by atoms with Crippen LogP contribution in [0.2, 0.25) is 0 Å². The molecule has 0 saturated heterocycles. The number of thioether (sulfide) groups is 1. The number of ketones is 1. The normalized spacial score (nSPS) is 9.73. The van der Waals surface area contributed by atoms with Gasteiger partial charge in [-0.15, -0.1) is 0 Å². The molecule has 0 unspecified atom stereocenters. The molecular formula is C11H12O3S. The van der Waals surface area contributed by atoms with E-state index in [0.717, 1.165) is 17.3 Å². The van der Waals surface area contributed by atoms with Crippen LogP contribution in [0, 0.1) is 0 Å². The number of ether oxygens (including phenoxy) is 1. The van der Waals surface area contributed by atoms with Gasteiger partial charge in [0.2, 0.25) is 0 Å². The minimum atomic E-state index is -0.339. The zero-order chi connectivity index (χ0) is 11.3. The molecule has 3 nitrogen and oxygen atoms in total.